The van der Waals surface area contributed by atoms with E-state index in [0.29, 0.717) is 49.2 Å². The number of aromatic amines is 1. The molecule has 0 saturated carbocycles. The molecule has 2 aromatic heterocycles. The number of aromatic nitrogens is 3. The summed E-state index contributed by atoms with van der Waals surface area (Å²) in [5, 5.41) is 15.4. The lowest BCUT2D eigenvalue weighted by Gasteiger charge is -2.41. The van der Waals surface area contributed by atoms with E-state index < -0.39 is 5.60 Å². The minimum Gasteiger partial charge on any atom is -0.388 e. The Balaban J connectivity index is 1.29. The summed E-state index contributed by atoms with van der Waals surface area (Å²) in [5.74, 6) is 0.948. The molecule has 34 heavy (non-hydrogen) atoms. The summed E-state index contributed by atoms with van der Waals surface area (Å²) >= 11 is 0. The van der Waals surface area contributed by atoms with Crippen LogP contribution < -0.4 is 10.9 Å². The lowest BCUT2D eigenvalue weighted by molar-refractivity contribution is -0.141. The zero-order valence-corrected chi connectivity index (χ0v) is 19.7. The van der Waals surface area contributed by atoms with Gasteiger partial charge in [0, 0.05) is 44.1 Å². The van der Waals surface area contributed by atoms with Crippen molar-refractivity contribution in [1.82, 2.24) is 24.8 Å². The summed E-state index contributed by atoms with van der Waals surface area (Å²) in [5.41, 5.74) is 0.611. The van der Waals surface area contributed by atoms with E-state index in [-0.39, 0.29) is 29.8 Å². The number of rotatable bonds is 5. The maximum Gasteiger partial charge on any atom is 0.263 e. The number of hydrogen-bond acceptors (Lipinski definition) is 5. The molecule has 1 amide bonds. The topological polar surface area (TPSA) is 103 Å². The quantitative estimate of drug-likeness (QED) is 0.537. The van der Waals surface area contributed by atoms with Crippen molar-refractivity contribution in [3.05, 3.63) is 64.3 Å². The fraction of sp³-hybridized carbons (Fsp3) is 0.500. The molecule has 2 atom stereocenters. The van der Waals surface area contributed by atoms with E-state index in [1.165, 1.54) is 5.56 Å². The van der Waals surface area contributed by atoms with Crippen LogP contribution in [0.3, 0.4) is 0 Å². The molecule has 5 rings (SSSR count). The van der Waals surface area contributed by atoms with Gasteiger partial charge in [0.05, 0.1) is 17.5 Å². The normalized spacial score (nSPS) is 22.7. The molecular formula is C26H33N5O3. The molecule has 2 aliphatic heterocycles. The highest BCUT2D eigenvalue weighted by Crippen LogP contribution is 2.33. The van der Waals surface area contributed by atoms with Crippen molar-refractivity contribution < 1.29 is 9.90 Å². The highest BCUT2D eigenvalue weighted by atomic mass is 16.3. The minimum atomic E-state index is -1.04. The number of hydrogen-bond donors (Lipinski definition) is 3. The summed E-state index contributed by atoms with van der Waals surface area (Å²) in [6.07, 6.45) is 4.02. The number of piperidine rings is 2. The highest BCUT2D eigenvalue weighted by molar-refractivity contribution is 5.80. The predicted octanol–water partition coefficient (Wildman–Crippen LogP) is 2.03. The van der Waals surface area contributed by atoms with Gasteiger partial charge in [-0.25, -0.2) is 4.98 Å². The summed E-state index contributed by atoms with van der Waals surface area (Å²) in [6.45, 7) is 4.80. The average molecular weight is 464 g/mol. The van der Waals surface area contributed by atoms with Gasteiger partial charge in [0.1, 0.15) is 11.5 Å². The van der Waals surface area contributed by atoms with Crippen molar-refractivity contribution in [3.63, 3.8) is 0 Å². The number of carbonyl (C=O) groups excluding carboxylic acids is 1. The van der Waals surface area contributed by atoms with Gasteiger partial charge in [0.2, 0.25) is 5.91 Å². The van der Waals surface area contributed by atoms with Crippen LogP contribution in [0.5, 0.6) is 0 Å². The SMILES string of the molecule is CCc1nc2[nH]ccc2c(=O)n1CC1(O)CCN(C(=O)[C@H]2CCNC[C@@H]2c2ccccc2)CC1. The van der Waals surface area contributed by atoms with E-state index in [4.69, 9.17) is 0 Å². The number of fused-ring (bicyclic) bond motifs is 1. The third kappa shape index (κ3) is 4.28. The van der Waals surface area contributed by atoms with Crippen LogP contribution in [0.2, 0.25) is 0 Å². The third-order valence-corrected chi connectivity index (χ3v) is 7.55. The number of benzene rings is 1. The Morgan fingerprint density at radius 3 is 2.71 bits per heavy atom. The standard InChI is InChI=1S/C26H33N5O3/c1-2-22-29-23-20(9-13-28-23)25(33)31(22)17-26(34)10-14-30(15-11-26)24(32)19-8-12-27-16-21(19)18-6-4-3-5-7-18/h3-7,9,13,19,21,27-28,34H,2,8,10-12,14-17H2,1H3/t19-,21+/m0/s1. The van der Waals surface area contributed by atoms with Gasteiger partial charge in [-0.3, -0.25) is 14.2 Å². The van der Waals surface area contributed by atoms with Crippen molar-refractivity contribution in [2.45, 2.75) is 50.7 Å². The Labute approximate surface area is 199 Å². The Kier molecular flexibility index (Phi) is 6.27. The molecule has 180 valence electrons. The van der Waals surface area contributed by atoms with Gasteiger partial charge in [-0.1, -0.05) is 37.3 Å². The number of amides is 1. The van der Waals surface area contributed by atoms with Gasteiger partial charge in [-0.15, -0.1) is 0 Å². The lowest BCUT2D eigenvalue weighted by atomic mass is 9.80. The molecule has 8 heteroatoms. The molecule has 0 spiro atoms. The number of carbonyl (C=O) groups is 1. The van der Waals surface area contributed by atoms with Crippen molar-refractivity contribution in [1.29, 1.82) is 0 Å². The maximum absolute atomic E-state index is 13.5. The van der Waals surface area contributed by atoms with E-state index in [1.54, 1.807) is 16.8 Å². The van der Waals surface area contributed by atoms with Crippen LogP contribution in [0.1, 0.15) is 43.5 Å². The summed E-state index contributed by atoms with van der Waals surface area (Å²) < 4.78 is 1.62. The van der Waals surface area contributed by atoms with Gasteiger partial charge in [-0.2, -0.15) is 0 Å². The minimum absolute atomic E-state index is 0.0515. The summed E-state index contributed by atoms with van der Waals surface area (Å²) in [4.78, 5) is 36.1. The largest absolute Gasteiger partial charge is 0.388 e. The van der Waals surface area contributed by atoms with E-state index in [0.717, 1.165) is 19.5 Å². The molecular weight excluding hydrogens is 430 g/mol. The second-order valence-electron chi connectivity index (χ2n) is 9.68. The first-order chi connectivity index (χ1) is 16.5. The molecule has 0 aliphatic carbocycles. The Bertz CT molecular complexity index is 1210. The number of nitrogens with zero attached hydrogens (tertiary/aromatic N) is 3. The first kappa shape index (κ1) is 22.8. The van der Waals surface area contributed by atoms with Gasteiger partial charge in [-0.05, 0) is 37.4 Å². The maximum atomic E-state index is 13.5. The molecule has 0 bridgehead atoms. The molecule has 8 nitrogen and oxygen atoms in total. The predicted molar refractivity (Wildman–Crippen MR) is 131 cm³/mol. The molecule has 0 radical (unpaired) electrons. The first-order valence-corrected chi connectivity index (χ1v) is 12.3. The van der Waals surface area contributed by atoms with E-state index >= 15 is 0 Å². The Hall–Kier alpha value is -2.97. The van der Waals surface area contributed by atoms with E-state index in [9.17, 15) is 14.7 Å². The first-order valence-electron chi connectivity index (χ1n) is 12.3. The fourth-order valence-electron chi connectivity index (χ4n) is 5.55. The van der Waals surface area contributed by atoms with E-state index in [1.807, 2.05) is 30.0 Å². The molecule has 3 aromatic rings. The van der Waals surface area contributed by atoms with Crippen LogP contribution in [0.15, 0.2) is 47.4 Å². The second-order valence-corrected chi connectivity index (χ2v) is 9.68. The third-order valence-electron chi connectivity index (χ3n) is 7.55. The molecule has 0 unspecified atom stereocenters. The van der Waals surface area contributed by atoms with Crippen LogP contribution >= 0.6 is 0 Å². The second kappa shape index (κ2) is 9.35. The number of nitrogens with one attached hydrogen (secondary N) is 2. The molecule has 2 aliphatic rings. The Morgan fingerprint density at radius 2 is 1.97 bits per heavy atom. The number of aliphatic hydroxyl groups is 1. The van der Waals surface area contributed by atoms with Gasteiger partial charge in [0.15, 0.2) is 0 Å². The van der Waals surface area contributed by atoms with Crippen molar-refractivity contribution in [2.75, 3.05) is 26.2 Å². The molecule has 2 fully saturated rings. The van der Waals surface area contributed by atoms with Crippen LogP contribution in [0.4, 0.5) is 0 Å². The monoisotopic (exact) mass is 463 g/mol. The number of aryl methyl sites for hydroxylation is 1. The fourth-order valence-corrected chi connectivity index (χ4v) is 5.55. The van der Waals surface area contributed by atoms with Crippen molar-refractivity contribution in [3.8, 4) is 0 Å². The highest BCUT2D eigenvalue weighted by Gasteiger charge is 2.39. The lowest BCUT2D eigenvalue weighted by Crippen LogP contribution is -2.53. The summed E-state index contributed by atoms with van der Waals surface area (Å²) in [7, 11) is 0. The van der Waals surface area contributed by atoms with Crippen molar-refractivity contribution >= 4 is 16.9 Å². The zero-order valence-electron chi connectivity index (χ0n) is 19.7. The average Bonchev–Trinajstić information content (AvgIpc) is 3.35. The molecule has 3 N–H and O–H groups in total. The number of H-pyrrole nitrogens is 1. The van der Waals surface area contributed by atoms with Crippen LogP contribution in [0, 0.1) is 5.92 Å². The van der Waals surface area contributed by atoms with Crippen LogP contribution in [-0.4, -0.2) is 62.2 Å². The van der Waals surface area contributed by atoms with Crippen molar-refractivity contribution in [2.24, 2.45) is 5.92 Å². The van der Waals surface area contributed by atoms with Crippen LogP contribution in [-0.2, 0) is 17.8 Å². The molecule has 2 saturated heterocycles. The van der Waals surface area contributed by atoms with Crippen LogP contribution in [0.25, 0.3) is 11.0 Å². The smallest absolute Gasteiger partial charge is 0.263 e. The van der Waals surface area contributed by atoms with Gasteiger partial charge < -0.3 is 20.3 Å². The zero-order chi connectivity index (χ0) is 23.7. The summed E-state index contributed by atoms with van der Waals surface area (Å²) in [6, 6.07) is 12.0. The van der Waals surface area contributed by atoms with Gasteiger partial charge in [0.25, 0.3) is 5.56 Å². The molecule has 4 heterocycles. The van der Waals surface area contributed by atoms with Gasteiger partial charge >= 0.3 is 0 Å². The number of likely N-dealkylation sites (tertiary alicyclic amines) is 1. The van der Waals surface area contributed by atoms with E-state index in [2.05, 4.69) is 27.4 Å². The Morgan fingerprint density at radius 1 is 1.21 bits per heavy atom. The molecule has 1 aromatic carbocycles.